The van der Waals surface area contributed by atoms with Crippen LogP contribution in [0.5, 0.6) is 11.5 Å². The fourth-order valence-electron chi connectivity index (χ4n) is 4.14. The summed E-state index contributed by atoms with van der Waals surface area (Å²) in [6, 6.07) is 16.5. The van der Waals surface area contributed by atoms with E-state index in [1.54, 1.807) is 48.5 Å². The van der Waals surface area contributed by atoms with E-state index in [-0.39, 0.29) is 28.1 Å². The average Bonchev–Trinajstić information content (AvgIpc) is 3.17. The van der Waals surface area contributed by atoms with Gasteiger partial charge in [0.25, 0.3) is 11.7 Å². The summed E-state index contributed by atoms with van der Waals surface area (Å²) in [5.74, 6) is -2.10. The first-order valence-electron chi connectivity index (χ1n) is 10.8. The number of aliphatic hydroxyl groups is 1. The van der Waals surface area contributed by atoms with Crippen LogP contribution in [-0.2, 0) is 14.3 Å². The van der Waals surface area contributed by atoms with E-state index in [1.165, 1.54) is 44.4 Å². The Morgan fingerprint density at radius 1 is 0.944 bits per heavy atom. The van der Waals surface area contributed by atoms with Gasteiger partial charge in [-0.3, -0.25) is 14.5 Å². The number of esters is 1. The third-order valence-electron chi connectivity index (χ3n) is 5.82. The molecule has 1 saturated heterocycles. The number of Topliss-reactive ketones (excluding diaryl/α,β-unsaturated/α-hetero) is 1. The number of carbonyl (C=O) groups excluding carboxylic acids is 3. The van der Waals surface area contributed by atoms with Gasteiger partial charge in [0.05, 0.1) is 44.1 Å². The van der Waals surface area contributed by atoms with E-state index >= 15 is 0 Å². The number of methoxy groups -OCH3 is 3. The van der Waals surface area contributed by atoms with Crippen molar-refractivity contribution in [2.24, 2.45) is 0 Å². The molecule has 1 N–H and O–H groups in total. The number of hydrogen-bond donors (Lipinski definition) is 1. The van der Waals surface area contributed by atoms with Crippen LogP contribution in [0.3, 0.4) is 0 Å². The molecule has 0 spiro atoms. The molecule has 1 aliphatic rings. The van der Waals surface area contributed by atoms with E-state index in [4.69, 9.17) is 25.8 Å². The Labute approximate surface area is 212 Å². The normalized spacial score (nSPS) is 16.7. The lowest BCUT2D eigenvalue weighted by atomic mass is 9.94. The summed E-state index contributed by atoms with van der Waals surface area (Å²) in [7, 11) is 4.15. The first-order valence-corrected chi connectivity index (χ1v) is 11.2. The lowest BCUT2D eigenvalue weighted by molar-refractivity contribution is -0.132. The van der Waals surface area contributed by atoms with Crippen LogP contribution in [0, 0.1) is 0 Å². The molecule has 0 aliphatic carbocycles. The van der Waals surface area contributed by atoms with Crippen LogP contribution in [0.4, 0.5) is 5.69 Å². The Morgan fingerprint density at radius 3 is 2.39 bits per heavy atom. The van der Waals surface area contributed by atoms with Crippen molar-refractivity contribution in [1.29, 1.82) is 0 Å². The Bertz CT molecular complexity index is 1400. The van der Waals surface area contributed by atoms with Crippen LogP contribution in [0.15, 0.2) is 72.3 Å². The monoisotopic (exact) mass is 507 g/mol. The second kappa shape index (κ2) is 10.1. The highest BCUT2D eigenvalue weighted by Crippen LogP contribution is 2.44. The van der Waals surface area contributed by atoms with Crippen molar-refractivity contribution in [3.63, 3.8) is 0 Å². The standard InChI is InChI=1S/C27H22ClNO7/c1-34-19-9-5-6-15(13-19)23-22(24(30)20-14-17(28)10-11-21(20)35-2)25(31)26(32)29(23)18-8-4-7-16(12-18)27(33)36-3/h4-14,23,30H,1-3H3/b24-22+. The maximum atomic E-state index is 13.4. The van der Waals surface area contributed by atoms with Crippen molar-refractivity contribution in [1.82, 2.24) is 0 Å². The zero-order chi connectivity index (χ0) is 26.0. The van der Waals surface area contributed by atoms with Gasteiger partial charge in [0.2, 0.25) is 0 Å². The Morgan fingerprint density at radius 2 is 1.69 bits per heavy atom. The Kier molecular flexibility index (Phi) is 6.98. The van der Waals surface area contributed by atoms with Gasteiger partial charge < -0.3 is 19.3 Å². The quantitative estimate of drug-likeness (QED) is 0.222. The van der Waals surface area contributed by atoms with Crippen molar-refractivity contribution < 1.29 is 33.7 Å². The predicted octanol–water partition coefficient (Wildman–Crippen LogP) is 4.77. The van der Waals surface area contributed by atoms with Crippen LogP contribution < -0.4 is 14.4 Å². The maximum Gasteiger partial charge on any atom is 0.337 e. The molecule has 8 nitrogen and oxygen atoms in total. The largest absolute Gasteiger partial charge is 0.507 e. The molecular weight excluding hydrogens is 486 g/mol. The summed E-state index contributed by atoms with van der Waals surface area (Å²) in [6.07, 6.45) is 0. The van der Waals surface area contributed by atoms with Gasteiger partial charge in [0.15, 0.2) is 0 Å². The maximum absolute atomic E-state index is 13.4. The molecule has 0 bridgehead atoms. The Balaban J connectivity index is 1.99. The van der Waals surface area contributed by atoms with Crippen molar-refractivity contribution in [3.05, 3.63) is 94.0 Å². The first-order chi connectivity index (χ1) is 17.3. The Hall–Kier alpha value is -4.30. The van der Waals surface area contributed by atoms with Crippen LogP contribution in [0.2, 0.25) is 5.02 Å². The van der Waals surface area contributed by atoms with Gasteiger partial charge in [-0.25, -0.2) is 4.79 Å². The average molecular weight is 508 g/mol. The molecule has 3 aromatic carbocycles. The molecule has 0 radical (unpaired) electrons. The lowest BCUT2D eigenvalue weighted by Gasteiger charge is -2.26. The summed E-state index contributed by atoms with van der Waals surface area (Å²) < 4.78 is 15.5. The first kappa shape index (κ1) is 24.8. The zero-order valence-electron chi connectivity index (χ0n) is 19.7. The minimum absolute atomic E-state index is 0.152. The van der Waals surface area contributed by atoms with Crippen LogP contribution >= 0.6 is 11.6 Å². The van der Waals surface area contributed by atoms with Crippen LogP contribution in [0.25, 0.3) is 5.76 Å². The number of halogens is 1. The van der Waals surface area contributed by atoms with Gasteiger partial charge in [0.1, 0.15) is 17.3 Å². The second-order valence-electron chi connectivity index (χ2n) is 7.83. The third kappa shape index (κ3) is 4.38. The van der Waals surface area contributed by atoms with Crippen LogP contribution in [0.1, 0.15) is 27.5 Å². The van der Waals surface area contributed by atoms with Gasteiger partial charge >= 0.3 is 5.97 Å². The predicted molar refractivity (Wildman–Crippen MR) is 134 cm³/mol. The highest BCUT2D eigenvalue weighted by atomic mass is 35.5. The number of rotatable bonds is 6. The molecule has 1 unspecified atom stereocenters. The molecule has 1 aliphatic heterocycles. The molecule has 3 aromatic rings. The molecule has 1 amide bonds. The van der Waals surface area contributed by atoms with Gasteiger partial charge in [-0.15, -0.1) is 0 Å². The van der Waals surface area contributed by atoms with E-state index in [2.05, 4.69) is 0 Å². The summed E-state index contributed by atoms with van der Waals surface area (Å²) >= 11 is 6.16. The van der Waals surface area contributed by atoms with E-state index in [1.807, 2.05) is 0 Å². The molecule has 4 rings (SSSR count). The molecule has 0 aromatic heterocycles. The fraction of sp³-hybridized carbons (Fsp3) is 0.148. The van der Waals surface area contributed by atoms with Crippen molar-refractivity contribution in [2.75, 3.05) is 26.2 Å². The third-order valence-corrected chi connectivity index (χ3v) is 6.05. The van der Waals surface area contributed by atoms with Gasteiger partial charge in [-0.1, -0.05) is 29.8 Å². The SMILES string of the molecule is COC(=O)c1cccc(N2C(=O)C(=O)/C(=C(/O)c3cc(Cl)ccc3OC)C2c2cccc(OC)c2)c1. The van der Waals surface area contributed by atoms with Crippen LogP contribution in [-0.4, -0.2) is 44.1 Å². The van der Waals surface area contributed by atoms with Crippen molar-refractivity contribution in [2.45, 2.75) is 6.04 Å². The summed E-state index contributed by atoms with van der Waals surface area (Å²) in [5, 5.41) is 11.7. The summed E-state index contributed by atoms with van der Waals surface area (Å²) in [4.78, 5) is 40.1. The number of nitrogens with zero attached hydrogens (tertiary/aromatic N) is 1. The summed E-state index contributed by atoms with van der Waals surface area (Å²) in [6.45, 7) is 0. The molecule has 1 atom stereocenters. The number of hydrogen-bond acceptors (Lipinski definition) is 7. The lowest BCUT2D eigenvalue weighted by Crippen LogP contribution is -2.29. The van der Waals surface area contributed by atoms with Crippen molar-refractivity contribution in [3.8, 4) is 11.5 Å². The van der Waals surface area contributed by atoms with Gasteiger partial charge in [0, 0.05) is 10.7 Å². The molecule has 36 heavy (non-hydrogen) atoms. The molecule has 1 heterocycles. The number of ketones is 1. The molecular formula is C27H22ClNO7. The molecule has 1 fully saturated rings. The van der Waals surface area contributed by atoms with Gasteiger partial charge in [-0.05, 0) is 54.1 Å². The van der Waals surface area contributed by atoms with E-state index in [0.717, 1.165) is 0 Å². The number of ether oxygens (including phenoxy) is 3. The minimum atomic E-state index is -1.04. The highest BCUT2D eigenvalue weighted by molar-refractivity contribution is 6.51. The molecule has 9 heteroatoms. The number of amides is 1. The van der Waals surface area contributed by atoms with E-state index in [0.29, 0.717) is 16.3 Å². The summed E-state index contributed by atoms with van der Waals surface area (Å²) in [5.41, 5.74) is 0.943. The number of benzene rings is 3. The number of anilines is 1. The number of carbonyl (C=O) groups is 3. The minimum Gasteiger partial charge on any atom is -0.507 e. The fourth-order valence-corrected chi connectivity index (χ4v) is 4.31. The van der Waals surface area contributed by atoms with E-state index in [9.17, 15) is 19.5 Å². The molecule has 184 valence electrons. The second-order valence-corrected chi connectivity index (χ2v) is 8.27. The highest BCUT2D eigenvalue weighted by Gasteiger charge is 2.47. The van der Waals surface area contributed by atoms with Gasteiger partial charge in [-0.2, -0.15) is 0 Å². The van der Waals surface area contributed by atoms with E-state index < -0.39 is 29.5 Å². The smallest absolute Gasteiger partial charge is 0.337 e. The molecule has 0 saturated carbocycles. The van der Waals surface area contributed by atoms with Crippen molar-refractivity contribution >= 4 is 40.7 Å². The topological polar surface area (TPSA) is 102 Å². The number of aliphatic hydroxyl groups excluding tert-OH is 1. The zero-order valence-corrected chi connectivity index (χ0v) is 20.4.